The second kappa shape index (κ2) is 5.65. The Kier molecular flexibility index (Phi) is 3.88. The standard InChI is InChI=1S/C16H20ClNO2/c1-10-2-7-13(17)14(8-10)20-9-15(19)18-16(11-3-4-11)12-5-6-12/h2,7-8,11-12,16H,3-6,9H2,1H3,(H,18,19). The third-order valence-electron chi connectivity index (χ3n) is 4.03. The molecule has 0 atom stereocenters. The molecule has 0 unspecified atom stereocenters. The van der Waals surface area contributed by atoms with E-state index in [0.29, 0.717) is 28.6 Å². The van der Waals surface area contributed by atoms with Crippen molar-refractivity contribution in [3.05, 3.63) is 28.8 Å². The van der Waals surface area contributed by atoms with Crippen LogP contribution in [0.1, 0.15) is 31.2 Å². The minimum Gasteiger partial charge on any atom is -0.482 e. The highest BCUT2D eigenvalue weighted by Crippen LogP contribution is 2.44. The number of aryl methyl sites for hydroxylation is 1. The third-order valence-corrected chi connectivity index (χ3v) is 4.35. The molecule has 1 aromatic rings. The minimum absolute atomic E-state index is 0.0358. The summed E-state index contributed by atoms with van der Waals surface area (Å²) >= 11 is 6.05. The number of nitrogens with one attached hydrogen (secondary N) is 1. The van der Waals surface area contributed by atoms with Gasteiger partial charge in [-0.15, -0.1) is 0 Å². The van der Waals surface area contributed by atoms with Gasteiger partial charge >= 0.3 is 0 Å². The first-order valence-electron chi connectivity index (χ1n) is 7.32. The van der Waals surface area contributed by atoms with Crippen molar-refractivity contribution in [1.29, 1.82) is 0 Å². The van der Waals surface area contributed by atoms with Gasteiger partial charge < -0.3 is 10.1 Å². The van der Waals surface area contributed by atoms with Crippen molar-refractivity contribution in [3.8, 4) is 5.75 Å². The van der Waals surface area contributed by atoms with E-state index in [2.05, 4.69) is 5.32 Å². The Balaban J connectivity index is 1.52. The summed E-state index contributed by atoms with van der Waals surface area (Å²) in [6.45, 7) is 2.01. The topological polar surface area (TPSA) is 38.3 Å². The number of hydrogen-bond acceptors (Lipinski definition) is 2. The number of carbonyl (C=O) groups excluding carboxylic acids is 1. The fraction of sp³-hybridized carbons (Fsp3) is 0.562. The molecule has 1 amide bonds. The van der Waals surface area contributed by atoms with Crippen molar-refractivity contribution in [2.75, 3.05) is 6.61 Å². The maximum Gasteiger partial charge on any atom is 0.258 e. The molecule has 1 N–H and O–H groups in total. The number of amides is 1. The van der Waals surface area contributed by atoms with Crippen LogP contribution in [-0.4, -0.2) is 18.6 Å². The predicted octanol–water partition coefficient (Wildman–Crippen LogP) is 3.33. The summed E-state index contributed by atoms with van der Waals surface area (Å²) < 4.78 is 5.54. The summed E-state index contributed by atoms with van der Waals surface area (Å²) in [5.74, 6) is 1.95. The molecule has 0 aromatic heterocycles. The normalized spacial score (nSPS) is 18.1. The number of hydrogen-bond donors (Lipinski definition) is 1. The van der Waals surface area contributed by atoms with Crippen LogP contribution in [0.3, 0.4) is 0 Å². The van der Waals surface area contributed by atoms with E-state index < -0.39 is 0 Å². The van der Waals surface area contributed by atoms with Gasteiger partial charge in [-0.25, -0.2) is 0 Å². The fourth-order valence-electron chi connectivity index (χ4n) is 2.62. The van der Waals surface area contributed by atoms with Crippen LogP contribution in [0, 0.1) is 18.8 Å². The lowest BCUT2D eigenvalue weighted by atomic mass is 10.1. The molecule has 2 saturated carbocycles. The first kappa shape index (κ1) is 13.7. The quantitative estimate of drug-likeness (QED) is 0.874. The van der Waals surface area contributed by atoms with Gasteiger partial charge in [0.15, 0.2) is 6.61 Å². The fourth-order valence-corrected chi connectivity index (χ4v) is 2.80. The van der Waals surface area contributed by atoms with Gasteiger partial charge in [0.1, 0.15) is 5.75 Å². The van der Waals surface area contributed by atoms with Crippen LogP contribution in [0.5, 0.6) is 5.75 Å². The van der Waals surface area contributed by atoms with E-state index in [1.165, 1.54) is 25.7 Å². The van der Waals surface area contributed by atoms with E-state index in [-0.39, 0.29) is 12.5 Å². The molecular weight excluding hydrogens is 274 g/mol. The Morgan fingerprint density at radius 1 is 1.35 bits per heavy atom. The monoisotopic (exact) mass is 293 g/mol. The van der Waals surface area contributed by atoms with Crippen molar-refractivity contribution in [2.24, 2.45) is 11.8 Å². The van der Waals surface area contributed by atoms with Crippen molar-refractivity contribution in [1.82, 2.24) is 5.32 Å². The van der Waals surface area contributed by atoms with Gasteiger partial charge in [0.25, 0.3) is 5.91 Å². The molecular formula is C16H20ClNO2. The van der Waals surface area contributed by atoms with E-state index in [1.807, 2.05) is 19.1 Å². The molecule has 0 aliphatic heterocycles. The highest BCUT2D eigenvalue weighted by Gasteiger charge is 2.42. The molecule has 0 spiro atoms. The number of benzene rings is 1. The summed E-state index contributed by atoms with van der Waals surface area (Å²) in [5, 5.41) is 3.68. The number of rotatable bonds is 6. The van der Waals surface area contributed by atoms with E-state index >= 15 is 0 Å². The molecule has 0 heterocycles. The lowest BCUT2D eigenvalue weighted by molar-refractivity contribution is -0.124. The molecule has 2 aliphatic rings. The smallest absolute Gasteiger partial charge is 0.258 e. The number of ether oxygens (including phenoxy) is 1. The summed E-state index contributed by atoms with van der Waals surface area (Å²) in [6, 6.07) is 5.95. The van der Waals surface area contributed by atoms with Gasteiger partial charge in [-0.05, 0) is 62.1 Å². The average molecular weight is 294 g/mol. The van der Waals surface area contributed by atoms with Gasteiger partial charge in [-0.2, -0.15) is 0 Å². The lowest BCUT2D eigenvalue weighted by Crippen LogP contribution is -2.40. The van der Waals surface area contributed by atoms with Gasteiger partial charge in [-0.3, -0.25) is 4.79 Å². The van der Waals surface area contributed by atoms with Crippen LogP contribution in [0.15, 0.2) is 18.2 Å². The van der Waals surface area contributed by atoms with E-state index in [9.17, 15) is 4.79 Å². The van der Waals surface area contributed by atoms with Crippen LogP contribution in [0.2, 0.25) is 5.02 Å². The highest BCUT2D eigenvalue weighted by molar-refractivity contribution is 6.32. The van der Waals surface area contributed by atoms with Crippen molar-refractivity contribution < 1.29 is 9.53 Å². The Labute approximate surface area is 124 Å². The Bertz CT molecular complexity index is 497. The van der Waals surface area contributed by atoms with Crippen molar-refractivity contribution >= 4 is 17.5 Å². The second-order valence-electron chi connectivity index (χ2n) is 5.99. The lowest BCUT2D eigenvalue weighted by Gasteiger charge is -2.18. The molecule has 0 radical (unpaired) electrons. The molecule has 2 aliphatic carbocycles. The Morgan fingerprint density at radius 2 is 2.00 bits per heavy atom. The molecule has 108 valence electrons. The summed E-state index contributed by atoms with van der Waals surface area (Å²) in [6.07, 6.45) is 5.02. The van der Waals surface area contributed by atoms with E-state index in [0.717, 1.165) is 5.56 Å². The minimum atomic E-state index is -0.0358. The first-order chi connectivity index (χ1) is 9.63. The molecule has 0 saturated heterocycles. The maximum atomic E-state index is 12.0. The van der Waals surface area contributed by atoms with Crippen LogP contribution in [0.4, 0.5) is 0 Å². The summed E-state index contributed by atoms with van der Waals surface area (Å²) in [4.78, 5) is 12.0. The predicted molar refractivity (Wildman–Crippen MR) is 79.1 cm³/mol. The van der Waals surface area contributed by atoms with Crippen LogP contribution >= 0.6 is 11.6 Å². The zero-order valence-electron chi connectivity index (χ0n) is 11.7. The largest absolute Gasteiger partial charge is 0.482 e. The molecule has 2 fully saturated rings. The van der Waals surface area contributed by atoms with Gasteiger partial charge in [0.2, 0.25) is 0 Å². The van der Waals surface area contributed by atoms with Crippen LogP contribution < -0.4 is 10.1 Å². The number of carbonyl (C=O) groups is 1. The molecule has 3 nitrogen and oxygen atoms in total. The van der Waals surface area contributed by atoms with Gasteiger partial charge in [0.05, 0.1) is 5.02 Å². The SMILES string of the molecule is Cc1ccc(Cl)c(OCC(=O)NC(C2CC2)C2CC2)c1. The molecule has 20 heavy (non-hydrogen) atoms. The Morgan fingerprint density at radius 3 is 2.60 bits per heavy atom. The van der Waals surface area contributed by atoms with Crippen molar-refractivity contribution in [2.45, 2.75) is 38.6 Å². The number of halogens is 1. The van der Waals surface area contributed by atoms with Crippen molar-refractivity contribution in [3.63, 3.8) is 0 Å². The summed E-state index contributed by atoms with van der Waals surface area (Å²) in [7, 11) is 0. The van der Waals surface area contributed by atoms with Gasteiger partial charge in [-0.1, -0.05) is 17.7 Å². The molecule has 1 aromatic carbocycles. The third kappa shape index (κ3) is 3.45. The van der Waals surface area contributed by atoms with Crippen LogP contribution in [0.25, 0.3) is 0 Å². The van der Waals surface area contributed by atoms with E-state index in [4.69, 9.17) is 16.3 Å². The second-order valence-corrected chi connectivity index (χ2v) is 6.40. The first-order valence-corrected chi connectivity index (χ1v) is 7.69. The maximum absolute atomic E-state index is 12.0. The molecule has 0 bridgehead atoms. The zero-order chi connectivity index (χ0) is 14.1. The average Bonchev–Trinajstić information content (AvgIpc) is 3.28. The highest BCUT2D eigenvalue weighted by atomic mass is 35.5. The zero-order valence-corrected chi connectivity index (χ0v) is 12.5. The molecule has 4 heteroatoms. The van der Waals surface area contributed by atoms with Crippen LogP contribution in [-0.2, 0) is 4.79 Å². The Hall–Kier alpha value is -1.22. The summed E-state index contributed by atoms with van der Waals surface area (Å²) in [5.41, 5.74) is 1.07. The van der Waals surface area contributed by atoms with E-state index in [1.54, 1.807) is 6.07 Å². The van der Waals surface area contributed by atoms with Gasteiger partial charge in [0, 0.05) is 6.04 Å². The molecule has 3 rings (SSSR count).